The van der Waals surface area contributed by atoms with E-state index in [9.17, 15) is 5.21 Å². The van der Waals surface area contributed by atoms with Crippen molar-refractivity contribution < 1.29 is 5.06 Å². The number of rotatable bonds is 10. The van der Waals surface area contributed by atoms with Crippen LogP contribution < -0.4 is 5.06 Å². The minimum atomic E-state index is 0.00372. The minimum Gasteiger partial charge on any atom is -0.634 e. The normalized spacial score (nSPS) is 17.1. The van der Waals surface area contributed by atoms with Gasteiger partial charge in [-0.3, -0.25) is 0 Å². The average molecular weight is 229 g/mol. The lowest BCUT2D eigenvalue weighted by Gasteiger charge is -2.41. The first-order valence-electron chi connectivity index (χ1n) is 7.14. The molecule has 2 unspecified atom stereocenters. The molecular weight excluding hydrogens is 198 g/mol. The van der Waals surface area contributed by atoms with Crippen LogP contribution in [0, 0.1) is 5.21 Å². The Bertz CT molecular complexity index is 159. The third-order valence-corrected chi connectivity index (χ3v) is 3.94. The van der Waals surface area contributed by atoms with Gasteiger partial charge in [0, 0.05) is 12.8 Å². The molecule has 0 aromatic heterocycles. The van der Waals surface area contributed by atoms with Crippen LogP contribution in [0.3, 0.4) is 0 Å². The monoisotopic (exact) mass is 229 g/mol. The highest BCUT2D eigenvalue weighted by molar-refractivity contribution is 4.77. The number of unbranched alkanes of at least 4 members (excludes halogenated alkanes) is 4. The Morgan fingerprint density at radius 3 is 1.88 bits per heavy atom. The van der Waals surface area contributed by atoms with E-state index in [1.165, 1.54) is 38.5 Å². The maximum Gasteiger partial charge on any atom is 0.0969 e. The molecule has 0 bridgehead atoms. The van der Waals surface area contributed by atoms with Gasteiger partial charge >= 0.3 is 0 Å². The van der Waals surface area contributed by atoms with Crippen molar-refractivity contribution in [2.24, 2.45) is 0 Å². The summed E-state index contributed by atoms with van der Waals surface area (Å²) in [6, 6.07) is 0. The first-order chi connectivity index (χ1) is 7.63. The fraction of sp³-hybridized carbons (Fsp3) is 1.00. The van der Waals surface area contributed by atoms with Crippen LogP contribution in [0.25, 0.3) is 0 Å². The van der Waals surface area contributed by atoms with Gasteiger partial charge in [-0.15, -0.1) is 0 Å². The molecule has 0 aromatic carbocycles. The maximum absolute atomic E-state index is 11.9. The summed E-state index contributed by atoms with van der Waals surface area (Å²) < 4.78 is 0. The van der Waals surface area contributed by atoms with E-state index in [0.29, 0.717) is 5.06 Å². The van der Waals surface area contributed by atoms with E-state index in [-0.39, 0.29) is 5.54 Å². The molecule has 0 heterocycles. The van der Waals surface area contributed by atoms with Gasteiger partial charge in [-0.05, 0) is 19.3 Å². The molecular formula is C14H31NO. The number of quaternary nitrogens is 1. The molecule has 0 aromatic rings. The molecule has 16 heavy (non-hydrogen) atoms. The molecule has 0 amide bonds. The number of nitrogens with one attached hydrogen (secondary N) is 1. The predicted octanol–water partition coefficient (Wildman–Crippen LogP) is 3.31. The number of hydrogen-bond donors (Lipinski definition) is 1. The van der Waals surface area contributed by atoms with Gasteiger partial charge in [-0.2, -0.15) is 0 Å². The third kappa shape index (κ3) is 5.31. The van der Waals surface area contributed by atoms with Crippen molar-refractivity contribution in [1.82, 2.24) is 0 Å². The molecule has 0 saturated heterocycles. The molecule has 0 rings (SSSR count). The van der Waals surface area contributed by atoms with E-state index in [2.05, 4.69) is 20.8 Å². The Hall–Kier alpha value is -0.0800. The Kier molecular flexibility index (Phi) is 8.96. The number of hydrogen-bond acceptors (Lipinski definition) is 1. The maximum atomic E-state index is 11.9. The Morgan fingerprint density at radius 2 is 1.44 bits per heavy atom. The summed E-state index contributed by atoms with van der Waals surface area (Å²) in [7, 11) is 1.79. The topological polar surface area (TPSA) is 27.5 Å². The van der Waals surface area contributed by atoms with E-state index < -0.39 is 0 Å². The van der Waals surface area contributed by atoms with Crippen LogP contribution in [0.1, 0.15) is 78.6 Å². The summed E-state index contributed by atoms with van der Waals surface area (Å²) in [4.78, 5) is 0. The van der Waals surface area contributed by atoms with Crippen molar-refractivity contribution in [2.45, 2.75) is 84.1 Å². The highest BCUT2D eigenvalue weighted by Gasteiger charge is 2.31. The quantitative estimate of drug-likeness (QED) is 0.452. The summed E-state index contributed by atoms with van der Waals surface area (Å²) in [5, 5.41) is 12.3. The zero-order valence-corrected chi connectivity index (χ0v) is 11.8. The first kappa shape index (κ1) is 15.9. The van der Waals surface area contributed by atoms with Crippen LogP contribution in [0.2, 0.25) is 0 Å². The van der Waals surface area contributed by atoms with Crippen molar-refractivity contribution >= 4 is 0 Å². The Morgan fingerprint density at radius 1 is 0.875 bits per heavy atom. The summed E-state index contributed by atoms with van der Waals surface area (Å²) in [5.74, 6) is 0. The fourth-order valence-electron chi connectivity index (χ4n) is 2.48. The number of hydroxylamine groups is 2. The summed E-state index contributed by atoms with van der Waals surface area (Å²) in [6.45, 7) is 6.61. The molecule has 0 saturated carbocycles. The molecule has 98 valence electrons. The Labute approximate surface area is 102 Å². The standard InChI is InChI=1S/C14H31NO/c1-5-8-10-11-13-14(7-3,15(4)16)12-9-6-2/h15H,5-13H2,1-4H3. The van der Waals surface area contributed by atoms with E-state index in [1.54, 1.807) is 7.05 Å². The van der Waals surface area contributed by atoms with Gasteiger partial charge in [0.05, 0.1) is 12.6 Å². The second-order valence-electron chi connectivity index (χ2n) is 5.10. The van der Waals surface area contributed by atoms with E-state index in [1.807, 2.05) is 0 Å². The van der Waals surface area contributed by atoms with Crippen LogP contribution in [0.5, 0.6) is 0 Å². The molecule has 0 spiro atoms. The molecule has 0 aliphatic carbocycles. The fourth-order valence-corrected chi connectivity index (χ4v) is 2.48. The summed E-state index contributed by atoms with van der Waals surface area (Å²) in [6.07, 6.45) is 10.7. The van der Waals surface area contributed by atoms with E-state index in [4.69, 9.17) is 0 Å². The van der Waals surface area contributed by atoms with Gasteiger partial charge in [0.25, 0.3) is 0 Å². The van der Waals surface area contributed by atoms with Crippen molar-refractivity contribution in [1.29, 1.82) is 0 Å². The van der Waals surface area contributed by atoms with E-state index in [0.717, 1.165) is 19.3 Å². The zero-order valence-electron chi connectivity index (χ0n) is 11.8. The van der Waals surface area contributed by atoms with Gasteiger partial charge in [-0.1, -0.05) is 46.5 Å². The van der Waals surface area contributed by atoms with Crippen molar-refractivity contribution in [3.8, 4) is 0 Å². The van der Waals surface area contributed by atoms with Gasteiger partial charge in [0.1, 0.15) is 0 Å². The van der Waals surface area contributed by atoms with E-state index >= 15 is 0 Å². The minimum absolute atomic E-state index is 0.00372. The molecule has 1 N–H and O–H groups in total. The van der Waals surface area contributed by atoms with Crippen LogP contribution in [-0.4, -0.2) is 12.6 Å². The highest BCUT2D eigenvalue weighted by atomic mass is 16.5. The molecule has 0 aliphatic rings. The smallest absolute Gasteiger partial charge is 0.0969 e. The molecule has 2 heteroatoms. The molecule has 0 fully saturated rings. The second-order valence-corrected chi connectivity index (χ2v) is 5.10. The van der Waals surface area contributed by atoms with Crippen molar-refractivity contribution in [3.63, 3.8) is 0 Å². The summed E-state index contributed by atoms with van der Waals surface area (Å²) >= 11 is 0. The SMILES string of the molecule is CCCCCCC(CC)(CCCC)[NH+](C)[O-]. The van der Waals surface area contributed by atoms with Crippen LogP contribution >= 0.6 is 0 Å². The third-order valence-electron chi connectivity index (χ3n) is 3.94. The molecule has 2 nitrogen and oxygen atoms in total. The van der Waals surface area contributed by atoms with Crippen molar-refractivity contribution in [3.05, 3.63) is 5.21 Å². The predicted molar refractivity (Wildman–Crippen MR) is 71.6 cm³/mol. The largest absolute Gasteiger partial charge is 0.634 e. The lowest BCUT2D eigenvalue weighted by atomic mass is 9.84. The van der Waals surface area contributed by atoms with Crippen molar-refractivity contribution in [2.75, 3.05) is 7.05 Å². The van der Waals surface area contributed by atoms with Crippen LogP contribution in [0.4, 0.5) is 0 Å². The van der Waals surface area contributed by atoms with Crippen LogP contribution in [-0.2, 0) is 0 Å². The lowest BCUT2D eigenvalue weighted by molar-refractivity contribution is -0.887. The second kappa shape index (κ2) is 9.00. The molecule has 0 aliphatic heterocycles. The zero-order chi connectivity index (χ0) is 12.4. The summed E-state index contributed by atoms with van der Waals surface area (Å²) in [5.41, 5.74) is 0.00372. The first-order valence-corrected chi connectivity index (χ1v) is 7.14. The van der Waals surface area contributed by atoms with Crippen LogP contribution in [0.15, 0.2) is 0 Å². The van der Waals surface area contributed by atoms with Gasteiger partial charge in [0.15, 0.2) is 0 Å². The lowest BCUT2D eigenvalue weighted by Crippen LogP contribution is -3.13. The Balaban J connectivity index is 4.16. The van der Waals surface area contributed by atoms with Gasteiger partial charge in [0.2, 0.25) is 0 Å². The molecule has 0 radical (unpaired) electrons. The average Bonchev–Trinajstić information content (AvgIpc) is 2.28. The highest BCUT2D eigenvalue weighted by Crippen LogP contribution is 2.22. The van der Waals surface area contributed by atoms with Gasteiger partial charge in [-0.25, -0.2) is 0 Å². The molecule has 2 atom stereocenters. The van der Waals surface area contributed by atoms with Gasteiger partial charge < -0.3 is 10.3 Å².